The first-order valence-corrected chi connectivity index (χ1v) is 8.17. The smallest absolute Gasteiger partial charge is 0.247 e. The fraction of sp³-hybridized carbons (Fsp3) is 0.500. The summed E-state index contributed by atoms with van der Waals surface area (Å²) in [6, 6.07) is 3.54. The van der Waals surface area contributed by atoms with Crippen LogP contribution in [0.5, 0.6) is 0 Å². The van der Waals surface area contributed by atoms with Crippen LogP contribution in [0.2, 0.25) is 5.02 Å². The van der Waals surface area contributed by atoms with Crippen LogP contribution in [0.1, 0.15) is 24.4 Å². The zero-order chi connectivity index (χ0) is 16.4. The van der Waals surface area contributed by atoms with Crippen LogP contribution in [0.3, 0.4) is 0 Å². The van der Waals surface area contributed by atoms with E-state index in [1.807, 2.05) is 30.9 Å². The second-order valence-electron chi connectivity index (χ2n) is 5.88. The minimum atomic E-state index is -0.334. The molecule has 0 N–H and O–H groups in total. The summed E-state index contributed by atoms with van der Waals surface area (Å²) in [4.78, 5) is 16.9. The highest BCUT2D eigenvalue weighted by Gasteiger charge is 2.27. The Morgan fingerprint density at radius 1 is 1.39 bits per heavy atom. The summed E-state index contributed by atoms with van der Waals surface area (Å²) in [6.07, 6.45) is 3.27. The van der Waals surface area contributed by atoms with Gasteiger partial charge in [0.2, 0.25) is 5.91 Å². The van der Waals surface area contributed by atoms with E-state index in [9.17, 15) is 4.79 Å². The van der Waals surface area contributed by atoms with Gasteiger partial charge in [-0.3, -0.25) is 14.4 Å². The second-order valence-corrected chi connectivity index (χ2v) is 6.29. The van der Waals surface area contributed by atoms with Gasteiger partial charge in [0.25, 0.3) is 0 Å². The van der Waals surface area contributed by atoms with Gasteiger partial charge in [-0.2, -0.15) is 5.10 Å². The molecule has 1 saturated heterocycles. The molecule has 1 unspecified atom stereocenters. The molecule has 0 radical (unpaired) electrons. The van der Waals surface area contributed by atoms with Gasteiger partial charge in [-0.1, -0.05) is 11.6 Å². The Labute approximate surface area is 140 Å². The molecule has 1 amide bonds. The molecule has 1 atom stereocenters. The normalized spacial score (nSPS) is 17.4. The predicted molar refractivity (Wildman–Crippen MR) is 87.3 cm³/mol. The van der Waals surface area contributed by atoms with Crippen LogP contribution in [0.4, 0.5) is 0 Å². The van der Waals surface area contributed by atoms with Crippen molar-refractivity contribution < 1.29 is 9.21 Å². The summed E-state index contributed by atoms with van der Waals surface area (Å²) in [7, 11) is 0. The SMILES string of the molecule is Cc1c(Cl)cnn1C(C)C(=O)N1CCN(Cc2ccco2)CC1. The molecule has 3 heterocycles. The number of aromatic nitrogens is 2. The molecule has 124 valence electrons. The molecule has 7 heteroatoms. The van der Waals surface area contributed by atoms with E-state index in [-0.39, 0.29) is 11.9 Å². The molecule has 0 saturated carbocycles. The van der Waals surface area contributed by atoms with Gasteiger partial charge in [0.15, 0.2) is 0 Å². The fourth-order valence-corrected chi connectivity index (χ4v) is 3.04. The molecular weight excluding hydrogens is 316 g/mol. The minimum absolute atomic E-state index is 0.0884. The quantitative estimate of drug-likeness (QED) is 0.860. The maximum Gasteiger partial charge on any atom is 0.247 e. The third-order valence-corrected chi connectivity index (χ3v) is 4.72. The van der Waals surface area contributed by atoms with Crippen molar-refractivity contribution >= 4 is 17.5 Å². The molecule has 1 aliphatic rings. The highest BCUT2D eigenvalue weighted by molar-refractivity contribution is 6.31. The molecule has 0 aromatic carbocycles. The van der Waals surface area contributed by atoms with Crippen LogP contribution in [0, 0.1) is 6.92 Å². The highest BCUT2D eigenvalue weighted by atomic mass is 35.5. The molecule has 2 aromatic rings. The van der Waals surface area contributed by atoms with Crippen LogP contribution in [0.25, 0.3) is 0 Å². The van der Waals surface area contributed by atoms with E-state index in [0.29, 0.717) is 5.02 Å². The molecular formula is C16H21ClN4O2. The third kappa shape index (κ3) is 3.43. The lowest BCUT2D eigenvalue weighted by Gasteiger charge is -2.35. The second kappa shape index (κ2) is 6.76. The van der Waals surface area contributed by atoms with Gasteiger partial charge >= 0.3 is 0 Å². The summed E-state index contributed by atoms with van der Waals surface area (Å²) in [5.41, 5.74) is 0.823. The van der Waals surface area contributed by atoms with Gasteiger partial charge < -0.3 is 9.32 Å². The van der Waals surface area contributed by atoms with Crippen LogP contribution in [-0.4, -0.2) is 51.7 Å². The van der Waals surface area contributed by atoms with Crippen LogP contribution < -0.4 is 0 Å². The van der Waals surface area contributed by atoms with Crippen molar-refractivity contribution in [1.82, 2.24) is 19.6 Å². The van der Waals surface area contributed by atoms with E-state index in [4.69, 9.17) is 16.0 Å². The van der Waals surface area contributed by atoms with Crippen molar-refractivity contribution in [3.63, 3.8) is 0 Å². The molecule has 0 bridgehead atoms. The Morgan fingerprint density at radius 2 is 2.13 bits per heavy atom. The number of carbonyl (C=O) groups is 1. The van der Waals surface area contributed by atoms with Crippen molar-refractivity contribution in [2.75, 3.05) is 26.2 Å². The summed E-state index contributed by atoms with van der Waals surface area (Å²) >= 11 is 6.03. The molecule has 3 rings (SSSR count). The number of amides is 1. The van der Waals surface area contributed by atoms with Crippen molar-refractivity contribution in [2.45, 2.75) is 26.4 Å². The van der Waals surface area contributed by atoms with Crippen molar-refractivity contribution in [3.05, 3.63) is 41.1 Å². The van der Waals surface area contributed by atoms with Gasteiger partial charge in [-0.25, -0.2) is 0 Å². The lowest BCUT2D eigenvalue weighted by molar-refractivity contribution is -0.136. The molecule has 0 spiro atoms. The van der Waals surface area contributed by atoms with E-state index in [0.717, 1.165) is 44.2 Å². The highest BCUT2D eigenvalue weighted by Crippen LogP contribution is 2.20. The van der Waals surface area contributed by atoms with Gasteiger partial charge in [0, 0.05) is 26.2 Å². The molecule has 1 fully saturated rings. The number of halogens is 1. The average Bonchev–Trinajstić information content (AvgIpc) is 3.18. The molecule has 1 aliphatic heterocycles. The van der Waals surface area contributed by atoms with E-state index >= 15 is 0 Å². The lowest BCUT2D eigenvalue weighted by Crippen LogP contribution is -2.50. The zero-order valence-corrected chi connectivity index (χ0v) is 14.2. The van der Waals surface area contributed by atoms with Crippen molar-refractivity contribution in [2.24, 2.45) is 0 Å². The Hall–Kier alpha value is -1.79. The predicted octanol–water partition coefficient (Wildman–Crippen LogP) is 2.34. The topological polar surface area (TPSA) is 54.5 Å². The molecule has 2 aromatic heterocycles. The molecule has 23 heavy (non-hydrogen) atoms. The zero-order valence-electron chi connectivity index (χ0n) is 13.4. The molecule has 0 aliphatic carbocycles. The van der Waals surface area contributed by atoms with E-state index in [1.54, 1.807) is 17.1 Å². The minimum Gasteiger partial charge on any atom is -0.468 e. The first-order chi connectivity index (χ1) is 11.1. The summed E-state index contributed by atoms with van der Waals surface area (Å²) in [6.45, 7) is 7.67. The standard InChI is InChI=1S/C16H21ClN4O2/c1-12-15(17)10-18-21(12)13(2)16(22)20-7-5-19(6-8-20)11-14-4-3-9-23-14/h3-4,9-10,13H,5-8,11H2,1-2H3. The van der Waals surface area contributed by atoms with Gasteiger partial charge in [0.05, 0.1) is 29.7 Å². The fourth-order valence-electron chi connectivity index (χ4n) is 2.91. The summed E-state index contributed by atoms with van der Waals surface area (Å²) in [5.74, 6) is 1.05. The van der Waals surface area contributed by atoms with Crippen LogP contribution >= 0.6 is 11.6 Å². The van der Waals surface area contributed by atoms with Crippen molar-refractivity contribution in [3.8, 4) is 0 Å². The monoisotopic (exact) mass is 336 g/mol. The molecule has 6 nitrogen and oxygen atoms in total. The van der Waals surface area contributed by atoms with Crippen molar-refractivity contribution in [1.29, 1.82) is 0 Å². The third-order valence-electron chi connectivity index (χ3n) is 4.35. The van der Waals surface area contributed by atoms with E-state index in [1.165, 1.54) is 0 Å². The number of hydrogen-bond acceptors (Lipinski definition) is 4. The van der Waals surface area contributed by atoms with E-state index in [2.05, 4.69) is 10.00 Å². The Bertz CT molecular complexity index is 660. The van der Waals surface area contributed by atoms with Crippen LogP contribution in [0.15, 0.2) is 29.0 Å². The van der Waals surface area contributed by atoms with Gasteiger partial charge in [0.1, 0.15) is 11.8 Å². The first kappa shape index (κ1) is 16.1. The van der Waals surface area contributed by atoms with Crippen LogP contribution in [-0.2, 0) is 11.3 Å². The van der Waals surface area contributed by atoms with Gasteiger partial charge in [-0.15, -0.1) is 0 Å². The largest absolute Gasteiger partial charge is 0.468 e. The number of carbonyl (C=O) groups excluding carboxylic acids is 1. The first-order valence-electron chi connectivity index (χ1n) is 7.79. The number of rotatable bonds is 4. The number of piperazine rings is 1. The number of nitrogens with zero attached hydrogens (tertiary/aromatic N) is 4. The Balaban J connectivity index is 1.56. The maximum atomic E-state index is 12.7. The maximum absolute atomic E-state index is 12.7. The van der Waals surface area contributed by atoms with E-state index < -0.39 is 0 Å². The lowest BCUT2D eigenvalue weighted by atomic mass is 10.2. The summed E-state index contributed by atoms with van der Waals surface area (Å²) in [5, 5.41) is 4.80. The van der Waals surface area contributed by atoms with Gasteiger partial charge in [-0.05, 0) is 26.0 Å². The number of furan rings is 1. The summed E-state index contributed by atoms with van der Waals surface area (Å²) < 4.78 is 7.07. The number of hydrogen-bond donors (Lipinski definition) is 0. The Kier molecular flexibility index (Phi) is 4.73. The average molecular weight is 337 g/mol. The Morgan fingerprint density at radius 3 is 2.70 bits per heavy atom.